The minimum atomic E-state index is 0.221. The zero-order chi connectivity index (χ0) is 11.4. The van der Waals surface area contributed by atoms with E-state index in [9.17, 15) is 0 Å². The van der Waals surface area contributed by atoms with Crippen LogP contribution in [0.3, 0.4) is 0 Å². The summed E-state index contributed by atoms with van der Waals surface area (Å²) in [7, 11) is 0. The highest BCUT2D eigenvalue weighted by atomic mass is 16.3. The van der Waals surface area contributed by atoms with Crippen molar-refractivity contribution in [1.29, 1.82) is 5.26 Å². The second kappa shape index (κ2) is 4.32. The van der Waals surface area contributed by atoms with Crippen molar-refractivity contribution in [3.05, 3.63) is 48.2 Å². The van der Waals surface area contributed by atoms with Gasteiger partial charge in [0.2, 0.25) is 0 Å². The van der Waals surface area contributed by atoms with Crippen molar-refractivity contribution in [1.82, 2.24) is 4.98 Å². The van der Waals surface area contributed by atoms with Crippen molar-refractivity contribution in [3.8, 4) is 11.8 Å². The van der Waals surface area contributed by atoms with E-state index in [0.29, 0.717) is 11.4 Å². The summed E-state index contributed by atoms with van der Waals surface area (Å²) in [4.78, 5) is 4.07. The van der Waals surface area contributed by atoms with Gasteiger partial charge in [0.25, 0.3) is 0 Å². The van der Waals surface area contributed by atoms with E-state index in [2.05, 4.69) is 10.3 Å². The van der Waals surface area contributed by atoms with Crippen LogP contribution in [0.25, 0.3) is 0 Å². The molecule has 0 bridgehead atoms. The number of rotatable bonds is 2. The Kier molecular flexibility index (Phi) is 2.70. The fraction of sp³-hybridized carbons (Fsp3) is 0. The van der Waals surface area contributed by atoms with Gasteiger partial charge in [-0.3, -0.25) is 0 Å². The molecule has 0 radical (unpaired) electrons. The van der Waals surface area contributed by atoms with E-state index in [-0.39, 0.29) is 5.75 Å². The first kappa shape index (κ1) is 9.99. The summed E-state index contributed by atoms with van der Waals surface area (Å²) < 4.78 is 0. The molecule has 0 saturated heterocycles. The molecule has 2 rings (SSSR count). The first-order chi connectivity index (χ1) is 7.78. The molecule has 0 aliphatic rings. The molecule has 0 spiro atoms. The van der Waals surface area contributed by atoms with Crippen LogP contribution in [0.1, 0.15) is 5.56 Å². The topological polar surface area (TPSA) is 68.9 Å². The van der Waals surface area contributed by atoms with Gasteiger partial charge in [-0.05, 0) is 36.4 Å². The second-order valence-corrected chi connectivity index (χ2v) is 3.22. The summed E-state index contributed by atoms with van der Waals surface area (Å²) in [6.07, 6.45) is 1.50. The number of aromatic nitrogens is 1. The molecule has 0 amide bonds. The molecule has 0 atom stereocenters. The third-order valence-electron chi connectivity index (χ3n) is 2.03. The number of phenolic OH excluding ortho intramolecular Hbond substituents is 1. The van der Waals surface area contributed by atoms with Gasteiger partial charge < -0.3 is 10.4 Å². The zero-order valence-electron chi connectivity index (χ0n) is 8.38. The first-order valence-corrected chi connectivity index (χ1v) is 4.70. The Labute approximate surface area is 92.8 Å². The Morgan fingerprint density at radius 2 is 1.88 bits per heavy atom. The maximum Gasteiger partial charge on any atom is 0.130 e. The summed E-state index contributed by atoms with van der Waals surface area (Å²) in [6.45, 7) is 0. The van der Waals surface area contributed by atoms with Gasteiger partial charge in [0.05, 0.1) is 5.56 Å². The fourth-order valence-electron chi connectivity index (χ4n) is 1.23. The van der Waals surface area contributed by atoms with Crippen molar-refractivity contribution in [2.24, 2.45) is 0 Å². The normalized spacial score (nSPS) is 9.44. The highest BCUT2D eigenvalue weighted by molar-refractivity contribution is 5.57. The lowest BCUT2D eigenvalue weighted by molar-refractivity contribution is 0.475. The second-order valence-electron chi connectivity index (χ2n) is 3.22. The van der Waals surface area contributed by atoms with E-state index < -0.39 is 0 Å². The summed E-state index contributed by atoms with van der Waals surface area (Å²) >= 11 is 0. The molecule has 2 N–H and O–H groups in total. The standard InChI is InChI=1S/C12H9N3O/c13-7-9-1-6-12(14-8-9)15-10-2-4-11(16)5-3-10/h1-6,8,16H,(H,14,15). The van der Waals surface area contributed by atoms with Crippen LogP contribution in [0.4, 0.5) is 11.5 Å². The number of nitriles is 1. The van der Waals surface area contributed by atoms with E-state index in [4.69, 9.17) is 10.4 Å². The molecule has 0 unspecified atom stereocenters. The molecule has 4 nitrogen and oxygen atoms in total. The summed E-state index contributed by atoms with van der Waals surface area (Å²) in [6, 6.07) is 12.1. The van der Waals surface area contributed by atoms with Crippen molar-refractivity contribution in [2.75, 3.05) is 5.32 Å². The number of nitrogens with one attached hydrogen (secondary N) is 1. The third kappa shape index (κ3) is 2.28. The molecule has 78 valence electrons. The maximum atomic E-state index is 9.11. The van der Waals surface area contributed by atoms with Crippen LogP contribution in [0.15, 0.2) is 42.6 Å². The van der Waals surface area contributed by atoms with Crippen LogP contribution >= 0.6 is 0 Å². The lowest BCUT2D eigenvalue weighted by Gasteiger charge is -2.04. The Hall–Kier alpha value is -2.54. The number of phenols is 1. The van der Waals surface area contributed by atoms with Gasteiger partial charge in [-0.1, -0.05) is 0 Å². The Morgan fingerprint density at radius 3 is 2.44 bits per heavy atom. The third-order valence-corrected chi connectivity index (χ3v) is 2.03. The average Bonchev–Trinajstić information content (AvgIpc) is 2.33. The Morgan fingerprint density at radius 1 is 1.12 bits per heavy atom. The molecule has 2 aromatic rings. The molecule has 1 heterocycles. The lowest BCUT2D eigenvalue weighted by atomic mass is 10.3. The molecule has 16 heavy (non-hydrogen) atoms. The number of nitrogens with zero attached hydrogens (tertiary/aromatic N) is 2. The Balaban J connectivity index is 2.15. The van der Waals surface area contributed by atoms with Crippen molar-refractivity contribution < 1.29 is 5.11 Å². The number of hydrogen-bond acceptors (Lipinski definition) is 4. The van der Waals surface area contributed by atoms with Gasteiger partial charge in [0.1, 0.15) is 17.6 Å². The molecule has 4 heteroatoms. The van der Waals surface area contributed by atoms with Gasteiger partial charge in [-0.2, -0.15) is 5.26 Å². The van der Waals surface area contributed by atoms with E-state index in [1.807, 2.05) is 6.07 Å². The highest BCUT2D eigenvalue weighted by Gasteiger charge is 1.96. The largest absolute Gasteiger partial charge is 0.508 e. The van der Waals surface area contributed by atoms with Crippen LogP contribution in [0.2, 0.25) is 0 Å². The zero-order valence-corrected chi connectivity index (χ0v) is 8.38. The quantitative estimate of drug-likeness (QED) is 0.748. The van der Waals surface area contributed by atoms with Crippen molar-refractivity contribution in [2.45, 2.75) is 0 Å². The number of hydrogen-bond donors (Lipinski definition) is 2. The molecular formula is C12H9N3O. The van der Waals surface area contributed by atoms with Gasteiger partial charge in [-0.25, -0.2) is 4.98 Å². The van der Waals surface area contributed by atoms with Gasteiger partial charge in [0.15, 0.2) is 0 Å². The molecule has 1 aromatic carbocycles. The highest BCUT2D eigenvalue weighted by Crippen LogP contribution is 2.17. The minimum Gasteiger partial charge on any atom is -0.508 e. The molecule has 0 aliphatic carbocycles. The summed E-state index contributed by atoms with van der Waals surface area (Å²) in [5, 5.41) is 20.8. The molecule has 0 saturated carbocycles. The molecular weight excluding hydrogens is 202 g/mol. The predicted octanol–water partition coefficient (Wildman–Crippen LogP) is 2.40. The number of pyridine rings is 1. The van der Waals surface area contributed by atoms with Crippen molar-refractivity contribution >= 4 is 11.5 Å². The summed E-state index contributed by atoms with van der Waals surface area (Å²) in [5.41, 5.74) is 1.35. The van der Waals surface area contributed by atoms with E-state index in [0.717, 1.165) is 5.69 Å². The van der Waals surface area contributed by atoms with Crippen LogP contribution in [0, 0.1) is 11.3 Å². The van der Waals surface area contributed by atoms with Crippen LogP contribution in [0.5, 0.6) is 5.75 Å². The van der Waals surface area contributed by atoms with Crippen LogP contribution in [-0.2, 0) is 0 Å². The fourth-order valence-corrected chi connectivity index (χ4v) is 1.23. The Bertz CT molecular complexity index is 511. The van der Waals surface area contributed by atoms with E-state index in [1.165, 1.54) is 6.20 Å². The smallest absolute Gasteiger partial charge is 0.130 e. The number of benzene rings is 1. The monoisotopic (exact) mass is 211 g/mol. The number of anilines is 2. The molecule has 0 aliphatic heterocycles. The van der Waals surface area contributed by atoms with Crippen LogP contribution < -0.4 is 5.32 Å². The average molecular weight is 211 g/mol. The predicted molar refractivity (Wildman–Crippen MR) is 60.3 cm³/mol. The molecule has 1 aromatic heterocycles. The van der Waals surface area contributed by atoms with Gasteiger partial charge in [0, 0.05) is 11.9 Å². The van der Waals surface area contributed by atoms with Gasteiger partial charge >= 0.3 is 0 Å². The van der Waals surface area contributed by atoms with Crippen LogP contribution in [-0.4, -0.2) is 10.1 Å². The van der Waals surface area contributed by atoms with Gasteiger partial charge in [-0.15, -0.1) is 0 Å². The lowest BCUT2D eigenvalue weighted by Crippen LogP contribution is -1.92. The summed E-state index contributed by atoms with van der Waals surface area (Å²) in [5.74, 6) is 0.878. The minimum absolute atomic E-state index is 0.221. The van der Waals surface area contributed by atoms with E-state index in [1.54, 1.807) is 36.4 Å². The SMILES string of the molecule is N#Cc1ccc(Nc2ccc(O)cc2)nc1. The van der Waals surface area contributed by atoms with E-state index >= 15 is 0 Å². The van der Waals surface area contributed by atoms with Crippen molar-refractivity contribution in [3.63, 3.8) is 0 Å². The maximum absolute atomic E-state index is 9.11. The number of aromatic hydroxyl groups is 1. The molecule has 0 fully saturated rings. The first-order valence-electron chi connectivity index (χ1n) is 4.70.